The van der Waals surface area contributed by atoms with Crippen LogP contribution in [-0.2, 0) is 16.7 Å². The Morgan fingerprint density at radius 1 is 0.794 bits per heavy atom. The Labute approximate surface area is 198 Å². The molecule has 34 heavy (non-hydrogen) atoms. The number of nitrogens with one attached hydrogen (secondary N) is 1. The van der Waals surface area contributed by atoms with E-state index in [2.05, 4.69) is 72.0 Å². The fraction of sp³-hybridized carbons (Fsp3) is 0.259. The van der Waals surface area contributed by atoms with Gasteiger partial charge in [0.1, 0.15) is 0 Å². The van der Waals surface area contributed by atoms with Crippen LogP contribution in [0.25, 0.3) is 43.1 Å². The molecule has 0 heterocycles. The van der Waals surface area contributed by atoms with E-state index >= 15 is 0 Å². The zero-order valence-electron chi connectivity index (χ0n) is 19.2. The maximum absolute atomic E-state index is 9.76. The van der Waals surface area contributed by atoms with Gasteiger partial charge in [0.15, 0.2) is 0 Å². The number of hydrogen-bond acceptors (Lipinski definition) is 5. The molecule has 0 spiro atoms. The highest BCUT2D eigenvalue weighted by Crippen LogP contribution is 2.40. The fourth-order valence-corrected chi connectivity index (χ4v) is 4.64. The van der Waals surface area contributed by atoms with Gasteiger partial charge in [0, 0.05) is 18.7 Å². The molecule has 0 bridgehead atoms. The van der Waals surface area contributed by atoms with Crippen LogP contribution in [0.3, 0.4) is 0 Å². The molecule has 6 nitrogen and oxygen atoms in total. The lowest BCUT2D eigenvalue weighted by molar-refractivity contribution is 0.137. The van der Waals surface area contributed by atoms with Crippen LogP contribution < -0.4 is 5.32 Å². The molecule has 4 N–H and O–H groups in total. The predicted molar refractivity (Wildman–Crippen MR) is 139 cm³/mol. The first-order valence-electron chi connectivity index (χ1n) is 11.1. The van der Waals surface area contributed by atoms with Crippen LogP contribution in [0.2, 0.25) is 0 Å². The number of fused-ring (bicyclic) bond motifs is 2. The van der Waals surface area contributed by atoms with E-state index in [-0.39, 0.29) is 13.2 Å². The molecule has 1 unspecified atom stereocenters. The Balaban J connectivity index is 0.000000499. The van der Waals surface area contributed by atoms with Gasteiger partial charge in [0.2, 0.25) is 0 Å². The minimum atomic E-state index is -3.67. The van der Waals surface area contributed by atoms with Gasteiger partial charge in [-0.2, -0.15) is 8.42 Å². The van der Waals surface area contributed by atoms with Crippen molar-refractivity contribution in [1.82, 2.24) is 5.32 Å². The molecule has 0 aliphatic carbocycles. The largest absolute Gasteiger partial charge is 0.396 e. The van der Waals surface area contributed by atoms with Crippen molar-refractivity contribution in [2.24, 2.45) is 0 Å². The van der Waals surface area contributed by atoms with Crippen LogP contribution in [0.15, 0.2) is 66.7 Å². The van der Waals surface area contributed by atoms with Crippen LogP contribution >= 0.6 is 0 Å². The molecular weight excluding hydrogens is 450 g/mol. The van der Waals surface area contributed by atoms with Crippen molar-refractivity contribution < 1.29 is 23.2 Å². The van der Waals surface area contributed by atoms with E-state index in [1.807, 2.05) is 6.92 Å². The molecule has 0 aliphatic heterocycles. The lowest BCUT2D eigenvalue weighted by atomic mass is 9.88. The van der Waals surface area contributed by atoms with Crippen molar-refractivity contribution in [2.75, 3.05) is 19.5 Å². The minimum absolute atomic E-state index is 0.00972. The molecule has 0 saturated carbocycles. The van der Waals surface area contributed by atoms with Gasteiger partial charge in [0.25, 0.3) is 10.1 Å². The summed E-state index contributed by atoms with van der Waals surface area (Å²) < 4.78 is 25.9. The van der Waals surface area contributed by atoms with Crippen molar-refractivity contribution in [2.45, 2.75) is 25.4 Å². The molecule has 0 fully saturated rings. The van der Waals surface area contributed by atoms with Gasteiger partial charge in [-0.1, -0.05) is 66.7 Å². The summed E-state index contributed by atoms with van der Waals surface area (Å²) in [6, 6.07) is 24.1. The molecule has 0 amide bonds. The van der Waals surface area contributed by atoms with Crippen LogP contribution in [0.5, 0.6) is 0 Å². The summed E-state index contributed by atoms with van der Waals surface area (Å²) in [6.45, 7) is 2.63. The number of rotatable bonds is 6. The van der Waals surface area contributed by atoms with Gasteiger partial charge in [-0.05, 0) is 62.0 Å². The second-order valence-electron chi connectivity index (χ2n) is 8.99. The third kappa shape index (κ3) is 4.85. The van der Waals surface area contributed by atoms with Gasteiger partial charge in [0.05, 0.1) is 12.9 Å². The number of aliphatic hydroxyl groups is 2. The van der Waals surface area contributed by atoms with Crippen LogP contribution in [-0.4, -0.2) is 48.2 Å². The van der Waals surface area contributed by atoms with Crippen LogP contribution in [0, 0.1) is 0 Å². The summed E-state index contributed by atoms with van der Waals surface area (Å²) in [5, 5.41) is 32.8. The summed E-state index contributed by atoms with van der Waals surface area (Å²) in [7, 11) is -3.67. The van der Waals surface area contributed by atoms with E-state index in [4.69, 9.17) is 4.55 Å². The van der Waals surface area contributed by atoms with Gasteiger partial charge >= 0.3 is 0 Å². The molecule has 178 valence electrons. The molecule has 0 aliphatic rings. The highest BCUT2D eigenvalue weighted by molar-refractivity contribution is 7.85. The fourth-order valence-electron chi connectivity index (χ4n) is 4.64. The monoisotopic (exact) mass is 479 g/mol. The van der Waals surface area contributed by atoms with E-state index in [1.165, 1.54) is 48.7 Å². The van der Waals surface area contributed by atoms with Crippen LogP contribution in [0.1, 0.15) is 18.9 Å². The van der Waals surface area contributed by atoms with E-state index < -0.39 is 15.7 Å². The summed E-state index contributed by atoms with van der Waals surface area (Å²) in [6.07, 6.45) is 1.23. The van der Waals surface area contributed by atoms with Gasteiger partial charge < -0.3 is 15.5 Å². The highest BCUT2D eigenvalue weighted by atomic mass is 32.2. The van der Waals surface area contributed by atoms with E-state index in [0.717, 1.165) is 0 Å². The van der Waals surface area contributed by atoms with E-state index in [1.54, 1.807) is 0 Å². The normalized spacial score (nSPS) is 13.9. The molecule has 0 radical (unpaired) electrons. The van der Waals surface area contributed by atoms with Crippen molar-refractivity contribution >= 4 is 53.2 Å². The molecule has 1 atom stereocenters. The zero-order valence-corrected chi connectivity index (χ0v) is 20.1. The molecule has 5 rings (SSSR count). The van der Waals surface area contributed by atoms with Crippen molar-refractivity contribution in [3.8, 4) is 0 Å². The number of benzene rings is 5. The third-order valence-electron chi connectivity index (χ3n) is 6.33. The molecule has 5 aromatic carbocycles. The first kappa shape index (κ1) is 24.3. The Kier molecular flexibility index (Phi) is 6.75. The molecule has 0 saturated heterocycles. The Hall–Kier alpha value is -2.81. The Morgan fingerprint density at radius 2 is 1.29 bits per heavy atom. The maximum atomic E-state index is 9.76. The number of aliphatic hydroxyl groups excluding tert-OH is 2. The van der Waals surface area contributed by atoms with Gasteiger partial charge in [-0.25, -0.2) is 0 Å². The number of hydrogen-bond donors (Lipinski definition) is 4. The third-order valence-corrected chi connectivity index (χ3v) is 6.33. The van der Waals surface area contributed by atoms with Crippen molar-refractivity contribution in [1.29, 1.82) is 0 Å². The maximum Gasteiger partial charge on any atom is 0.261 e. The molecular formula is C27H29NO5S. The summed E-state index contributed by atoms with van der Waals surface area (Å²) >= 11 is 0. The summed E-state index contributed by atoms with van der Waals surface area (Å²) in [5.41, 5.74) is 0.710. The highest BCUT2D eigenvalue weighted by Gasteiger charge is 2.22. The average molecular weight is 480 g/mol. The SMILES string of the molecule is CC(CO)(CCO)NCc1ccc2c3cccc4cccc(c5cccc1c52)c43.CS(=O)(=O)O. The summed E-state index contributed by atoms with van der Waals surface area (Å²) in [4.78, 5) is 0. The van der Waals surface area contributed by atoms with Crippen molar-refractivity contribution in [3.05, 3.63) is 72.3 Å². The van der Waals surface area contributed by atoms with Gasteiger partial charge in [-0.3, -0.25) is 4.55 Å². The van der Waals surface area contributed by atoms with E-state index in [9.17, 15) is 18.6 Å². The first-order chi connectivity index (χ1) is 16.1. The quantitative estimate of drug-likeness (QED) is 0.163. The Bertz CT molecular complexity index is 1510. The topological polar surface area (TPSA) is 107 Å². The Morgan fingerprint density at radius 3 is 1.85 bits per heavy atom. The standard InChI is InChI=1S/C26H25NO2.CH4O3S/c1-26(16-29,13-14-28)27-15-18-11-12-23-21-9-3-6-17-5-2-8-20(24(17)21)22-10-4-7-19(18)25(22)23;1-5(2,3)4/h2-12,27-29H,13-16H2,1H3;1H3,(H,2,3,4). The molecule has 7 heteroatoms. The lowest BCUT2D eigenvalue weighted by Gasteiger charge is -2.28. The minimum Gasteiger partial charge on any atom is -0.396 e. The smallest absolute Gasteiger partial charge is 0.261 e. The summed E-state index contributed by atoms with van der Waals surface area (Å²) in [5.74, 6) is 0. The predicted octanol–water partition coefficient (Wildman–Crippen LogP) is 4.46. The second kappa shape index (κ2) is 9.44. The lowest BCUT2D eigenvalue weighted by Crippen LogP contribution is -2.46. The molecule has 0 aromatic heterocycles. The first-order valence-corrected chi connectivity index (χ1v) is 13.0. The van der Waals surface area contributed by atoms with Crippen molar-refractivity contribution in [3.63, 3.8) is 0 Å². The van der Waals surface area contributed by atoms with E-state index in [0.29, 0.717) is 19.2 Å². The average Bonchev–Trinajstić information content (AvgIpc) is 2.80. The van der Waals surface area contributed by atoms with Gasteiger partial charge in [-0.15, -0.1) is 0 Å². The van der Waals surface area contributed by atoms with Crippen LogP contribution in [0.4, 0.5) is 0 Å². The zero-order chi connectivity index (χ0) is 24.5. The second-order valence-corrected chi connectivity index (χ2v) is 10.5. The molecule has 5 aromatic rings.